The third-order valence-corrected chi connectivity index (χ3v) is 6.33. The van der Waals surface area contributed by atoms with Gasteiger partial charge in [0.2, 0.25) is 0 Å². The molecule has 2 aromatic carbocycles. The number of carbonyl (C=O) groups excluding carboxylic acids is 1. The summed E-state index contributed by atoms with van der Waals surface area (Å²) >= 11 is 0. The van der Waals surface area contributed by atoms with Crippen molar-refractivity contribution in [1.29, 1.82) is 0 Å². The van der Waals surface area contributed by atoms with Gasteiger partial charge >= 0.3 is 5.97 Å². The fourth-order valence-corrected chi connectivity index (χ4v) is 4.49. The van der Waals surface area contributed by atoms with Crippen LogP contribution in [0, 0.1) is 0 Å². The monoisotopic (exact) mass is 358 g/mol. The van der Waals surface area contributed by atoms with Crippen molar-refractivity contribution >= 4 is 15.8 Å². The minimum Gasteiger partial charge on any atom is -0.465 e. The molecule has 0 aliphatic rings. The highest BCUT2D eigenvalue weighted by atomic mass is 32.2. The van der Waals surface area contributed by atoms with Crippen LogP contribution in [-0.4, -0.2) is 26.7 Å². The van der Waals surface area contributed by atoms with Gasteiger partial charge in [0.25, 0.3) is 0 Å². The molecule has 0 saturated heterocycles. The second-order valence-corrected chi connectivity index (χ2v) is 7.92. The van der Waals surface area contributed by atoms with Crippen molar-refractivity contribution < 1.29 is 17.9 Å². The van der Waals surface area contributed by atoms with E-state index in [1.54, 1.807) is 48.5 Å². The summed E-state index contributed by atoms with van der Waals surface area (Å²) in [6.45, 7) is 3.68. The third-order valence-electron chi connectivity index (χ3n) is 4.10. The Labute approximate surface area is 149 Å². The Kier molecular flexibility index (Phi) is 6.53. The normalized spacial score (nSPS) is 12.4. The number of esters is 1. The molecule has 0 spiro atoms. The van der Waals surface area contributed by atoms with Gasteiger partial charge in [-0.25, -0.2) is 13.2 Å². The number of rotatable bonds is 8. The minimum atomic E-state index is -3.46. The van der Waals surface area contributed by atoms with Gasteiger partial charge in [0.1, 0.15) is 0 Å². The molecule has 2 rings (SSSR count). The molecule has 5 heteroatoms. The van der Waals surface area contributed by atoms with E-state index in [1.165, 1.54) is 7.11 Å². The van der Waals surface area contributed by atoms with Gasteiger partial charge < -0.3 is 4.74 Å². The summed E-state index contributed by atoms with van der Waals surface area (Å²) in [5, 5.41) is -0.585. The van der Waals surface area contributed by atoms with E-state index in [-0.39, 0.29) is 0 Å². The Balaban J connectivity index is 2.24. The molecular weight excluding hydrogens is 336 g/mol. The highest BCUT2D eigenvalue weighted by molar-refractivity contribution is 7.92. The topological polar surface area (TPSA) is 60.4 Å². The maximum absolute atomic E-state index is 12.9. The first-order chi connectivity index (χ1) is 12.0. The van der Waals surface area contributed by atoms with E-state index >= 15 is 0 Å². The van der Waals surface area contributed by atoms with Crippen LogP contribution in [0.5, 0.6) is 0 Å². The zero-order valence-corrected chi connectivity index (χ0v) is 15.0. The van der Waals surface area contributed by atoms with Crippen LogP contribution >= 0.6 is 0 Å². The van der Waals surface area contributed by atoms with Crippen LogP contribution in [0.2, 0.25) is 0 Å². The smallest absolute Gasteiger partial charge is 0.338 e. The SMILES string of the molecule is C=CCC(CCc1ccccc1C(=O)OC)S(=O)(=O)c1ccccc1. The maximum atomic E-state index is 12.9. The molecule has 2 aromatic rings. The lowest BCUT2D eigenvalue weighted by Gasteiger charge is -2.17. The summed E-state index contributed by atoms with van der Waals surface area (Å²) in [5.74, 6) is -0.415. The molecule has 0 amide bonds. The largest absolute Gasteiger partial charge is 0.465 e. The highest BCUT2D eigenvalue weighted by Crippen LogP contribution is 2.23. The number of aryl methyl sites for hydroxylation is 1. The fourth-order valence-electron chi connectivity index (χ4n) is 2.75. The molecule has 0 aliphatic carbocycles. The van der Waals surface area contributed by atoms with Crippen LogP contribution in [0.3, 0.4) is 0 Å². The molecule has 0 aromatic heterocycles. The number of ether oxygens (including phenoxy) is 1. The molecule has 132 valence electrons. The molecule has 0 saturated carbocycles. The predicted octanol–water partition coefficient (Wildman–Crippen LogP) is 3.82. The van der Waals surface area contributed by atoms with E-state index in [2.05, 4.69) is 6.58 Å². The molecule has 0 fully saturated rings. The zero-order chi connectivity index (χ0) is 18.3. The molecule has 0 radical (unpaired) electrons. The first-order valence-electron chi connectivity index (χ1n) is 8.06. The van der Waals surface area contributed by atoms with E-state index in [9.17, 15) is 13.2 Å². The zero-order valence-electron chi connectivity index (χ0n) is 14.2. The molecule has 25 heavy (non-hydrogen) atoms. The lowest BCUT2D eigenvalue weighted by Crippen LogP contribution is -2.22. The number of allylic oxidation sites excluding steroid dienone is 1. The van der Waals surface area contributed by atoms with Crippen molar-refractivity contribution in [2.45, 2.75) is 29.4 Å². The average molecular weight is 358 g/mol. The molecular formula is C20H22O4S. The first kappa shape index (κ1) is 18.9. The van der Waals surface area contributed by atoms with Crippen LogP contribution in [-0.2, 0) is 21.0 Å². The van der Waals surface area contributed by atoms with Gasteiger partial charge in [-0.3, -0.25) is 0 Å². The van der Waals surface area contributed by atoms with E-state index in [4.69, 9.17) is 4.74 Å². The van der Waals surface area contributed by atoms with Gasteiger partial charge in [0, 0.05) is 0 Å². The van der Waals surface area contributed by atoms with Crippen LogP contribution in [0.4, 0.5) is 0 Å². The summed E-state index contributed by atoms with van der Waals surface area (Å²) in [6, 6.07) is 15.5. The highest BCUT2D eigenvalue weighted by Gasteiger charge is 2.26. The van der Waals surface area contributed by atoms with Gasteiger partial charge in [0.05, 0.1) is 22.8 Å². The van der Waals surface area contributed by atoms with Gasteiger partial charge in [0.15, 0.2) is 9.84 Å². The molecule has 1 atom stereocenters. The van der Waals surface area contributed by atoms with Crippen LogP contribution in [0.1, 0.15) is 28.8 Å². The van der Waals surface area contributed by atoms with E-state index in [0.717, 1.165) is 5.56 Å². The van der Waals surface area contributed by atoms with Crippen LogP contribution in [0.15, 0.2) is 72.1 Å². The Hall–Kier alpha value is -2.40. The fraction of sp³-hybridized carbons (Fsp3) is 0.250. The lowest BCUT2D eigenvalue weighted by molar-refractivity contribution is 0.0599. The quantitative estimate of drug-likeness (QED) is 0.532. The molecule has 0 bridgehead atoms. The van der Waals surface area contributed by atoms with Gasteiger partial charge in [-0.15, -0.1) is 6.58 Å². The molecule has 1 unspecified atom stereocenters. The first-order valence-corrected chi connectivity index (χ1v) is 9.61. The summed E-state index contributed by atoms with van der Waals surface area (Å²) in [4.78, 5) is 12.2. The lowest BCUT2D eigenvalue weighted by atomic mass is 10.0. The third kappa shape index (κ3) is 4.57. The van der Waals surface area contributed by atoms with Crippen molar-refractivity contribution in [3.63, 3.8) is 0 Å². The van der Waals surface area contributed by atoms with Crippen molar-refractivity contribution in [3.05, 3.63) is 78.4 Å². The maximum Gasteiger partial charge on any atom is 0.338 e. The summed E-state index contributed by atoms with van der Waals surface area (Å²) < 4.78 is 30.6. The Bertz CT molecular complexity index is 826. The number of carbonyl (C=O) groups is 1. The van der Waals surface area contributed by atoms with Gasteiger partial charge in [-0.2, -0.15) is 0 Å². The average Bonchev–Trinajstić information content (AvgIpc) is 2.65. The Morgan fingerprint density at radius 1 is 1.12 bits per heavy atom. The Morgan fingerprint density at radius 3 is 2.40 bits per heavy atom. The second-order valence-electron chi connectivity index (χ2n) is 5.69. The van der Waals surface area contributed by atoms with Crippen molar-refractivity contribution in [2.75, 3.05) is 7.11 Å². The number of sulfone groups is 1. The van der Waals surface area contributed by atoms with E-state index in [0.29, 0.717) is 29.7 Å². The molecule has 0 aliphatic heterocycles. The molecule has 0 heterocycles. The standard InChI is InChI=1S/C20H22O4S/c1-3-9-17(25(22,23)18-11-5-4-6-12-18)15-14-16-10-7-8-13-19(16)20(21)24-2/h3-8,10-13,17H,1,9,14-15H2,2H3. The second kappa shape index (κ2) is 8.62. The summed E-state index contributed by atoms with van der Waals surface area (Å²) in [5.41, 5.74) is 1.26. The number of methoxy groups -OCH3 is 1. The predicted molar refractivity (Wildman–Crippen MR) is 98.3 cm³/mol. The molecule has 0 N–H and O–H groups in total. The minimum absolute atomic E-state index is 0.308. The van der Waals surface area contributed by atoms with Crippen LogP contribution in [0.25, 0.3) is 0 Å². The van der Waals surface area contributed by atoms with E-state index in [1.807, 2.05) is 12.1 Å². The van der Waals surface area contributed by atoms with Crippen LogP contribution < -0.4 is 0 Å². The van der Waals surface area contributed by atoms with Crippen molar-refractivity contribution in [1.82, 2.24) is 0 Å². The number of benzene rings is 2. The van der Waals surface area contributed by atoms with Gasteiger partial charge in [-0.05, 0) is 43.0 Å². The Morgan fingerprint density at radius 2 is 1.76 bits per heavy atom. The van der Waals surface area contributed by atoms with Crippen molar-refractivity contribution in [3.8, 4) is 0 Å². The summed E-state index contributed by atoms with van der Waals surface area (Å²) in [6.07, 6.45) is 2.85. The summed E-state index contributed by atoms with van der Waals surface area (Å²) in [7, 11) is -2.13. The number of hydrogen-bond donors (Lipinski definition) is 0. The van der Waals surface area contributed by atoms with Gasteiger partial charge in [-0.1, -0.05) is 42.5 Å². The van der Waals surface area contributed by atoms with Crippen molar-refractivity contribution in [2.24, 2.45) is 0 Å². The van der Waals surface area contributed by atoms with E-state index < -0.39 is 21.1 Å². The number of hydrogen-bond acceptors (Lipinski definition) is 4. The molecule has 4 nitrogen and oxygen atoms in total.